The Morgan fingerprint density at radius 2 is 1.79 bits per heavy atom. The van der Waals surface area contributed by atoms with Crippen LogP contribution in [0.3, 0.4) is 0 Å². The zero-order valence-corrected chi connectivity index (χ0v) is 19.0. The van der Waals surface area contributed by atoms with E-state index in [1.54, 1.807) is 60.7 Å². The number of nitrogens with zero attached hydrogens (tertiary/aromatic N) is 2. The standard InChI is InChI=1S/C25H22N2O5S/c1-16-7-9-18(10-8-16)24(28)32-15-27(25(29)30)21-12-11-19(13-17(21)2)31-14-23-26-20-5-3-4-6-22(20)33-23/h3-13H,14-15H2,1-2H3,(H,29,30). The molecular weight excluding hydrogens is 440 g/mol. The first-order chi connectivity index (χ1) is 15.9. The molecule has 0 aliphatic rings. The second-order valence-electron chi connectivity index (χ2n) is 7.45. The molecule has 0 saturated heterocycles. The van der Waals surface area contributed by atoms with E-state index in [0.29, 0.717) is 29.2 Å². The topological polar surface area (TPSA) is 89.0 Å². The summed E-state index contributed by atoms with van der Waals surface area (Å²) in [5.41, 5.74) is 3.39. The van der Waals surface area contributed by atoms with E-state index in [2.05, 4.69) is 4.98 Å². The number of hydrogen-bond acceptors (Lipinski definition) is 6. The van der Waals surface area contributed by atoms with Crippen molar-refractivity contribution in [1.82, 2.24) is 4.98 Å². The largest absolute Gasteiger partial charge is 0.486 e. The fraction of sp³-hybridized carbons (Fsp3) is 0.160. The Labute approximate surface area is 194 Å². The van der Waals surface area contributed by atoms with E-state index in [1.165, 1.54) is 0 Å². The van der Waals surface area contributed by atoms with Crippen LogP contribution < -0.4 is 9.64 Å². The van der Waals surface area contributed by atoms with Gasteiger partial charge in [0.1, 0.15) is 17.4 Å². The van der Waals surface area contributed by atoms with Gasteiger partial charge in [-0.2, -0.15) is 0 Å². The third kappa shape index (κ3) is 5.30. The van der Waals surface area contributed by atoms with Gasteiger partial charge in [-0.05, 0) is 61.9 Å². The molecule has 7 nitrogen and oxygen atoms in total. The first kappa shape index (κ1) is 22.3. The maximum Gasteiger partial charge on any atom is 0.414 e. The van der Waals surface area contributed by atoms with Gasteiger partial charge in [-0.3, -0.25) is 0 Å². The van der Waals surface area contributed by atoms with E-state index in [-0.39, 0.29) is 0 Å². The number of thiazole rings is 1. The zero-order valence-electron chi connectivity index (χ0n) is 18.1. The van der Waals surface area contributed by atoms with Crippen LogP contribution in [0.1, 0.15) is 26.5 Å². The average molecular weight is 463 g/mol. The fourth-order valence-corrected chi connectivity index (χ4v) is 4.15. The van der Waals surface area contributed by atoms with Crippen LogP contribution in [-0.4, -0.2) is 28.9 Å². The van der Waals surface area contributed by atoms with Crippen molar-refractivity contribution in [3.05, 3.63) is 88.4 Å². The number of ether oxygens (including phenoxy) is 2. The number of fused-ring (bicyclic) bond motifs is 1. The third-order valence-corrected chi connectivity index (χ3v) is 6.01. The van der Waals surface area contributed by atoms with Crippen LogP contribution in [0, 0.1) is 13.8 Å². The van der Waals surface area contributed by atoms with Crippen molar-refractivity contribution in [2.75, 3.05) is 11.6 Å². The SMILES string of the molecule is Cc1ccc(C(=O)OCN(C(=O)O)c2ccc(OCc3nc4ccccc4s3)cc2C)cc1. The Morgan fingerprint density at radius 3 is 2.48 bits per heavy atom. The van der Waals surface area contributed by atoms with Gasteiger partial charge in [0.2, 0.25) is 0 Å². The predicted molar refractivity (Wildman–Crippen MR) is 127 cm³/mol. The number of carbonyl (C=O) groups excluding carboxylic acids is 1. The van der Waals surface area contributed by atoms with E-state index >= 15 is 0 Å². The molecule has 0 aliphatic carbocycles. The van der Waals surface area contributed by atoms with Crippen LogP contribution in [-0.2, 0) is 11.3 Å². The molecule has 0 spiro atoms. The smallest absolute Gasteiger partial charge is 0.414 e. The van der Waals surface area contributed by atoms with E-state index < -0.39 is 18.8 Å². The van der Waals surface area contributed by atoms with Gasteiger partial charge >= 0.3 is 12.1 Å². The molecule has 0 aliphatic heterocycles. The molecule has 1 aromatic heterocycles. The Morgan fingerprint density at radius 1 is 1.03 bits per heavy atom. The van der Waals surface area contributed by atoms with Crippen molar-refractivity contribution < 1.29 is 24.2 Å². The van der Waals surface area contributed by atoms with Gasteiger partial charge in [0.05, 0.1) is 21.5 Å². The Kier molecular flexibility index (Phi) is 6.55. The fourth-order valence-electron chi connectivity index (χ4n) is 3.27. The number of aryl methyl sites for hydroxylation is 2. The Balaban J connectivity index is 1.42. The summed E-state index contributed by atoms with van der Waals surface area (Å²) in [5, 5.41) is 10.5. The van der Waals surface area contributed by atoms with Crippen molar-refractivity contribution in [2.45, 2.75) is 20.5 Å². The lowest BCUT2D eigenvalue weighted by molar-refractivity contribution is 0.0506. The van der Waals surface area contributed by atoms with E-state index in [1.807, 2.05) is 31.2 Å². The minimum atomic E-state index is -1.22. The van der Waals surface area contributed by atoms with Gasteiger partial charge in [-0.1, -0.05) is 29.8 Å². The van der Waals surface area contributed by atoms with Gasteiger partial charge in [0.15, 0.2) is 6.73 Å². The number of carboxylic acid groups (broad SMARTS) is 1. The van der Waals surface area contributed by atoms with Gasteiger partial charge < -0.3 is 14.6 Å². The summed E-state index contributed by atoms with van der Waals surface area (Å²) in [6.07, 6.45) is -1.22. The van der Waals surface area contributed by atoms with Gasteiger partial charge in [0.25, 0.3) is 0 Å². The first-order valence-electron chi connectivity index (χ1n) is 10.2. The number of carbonyl (C=O) groups is 2. The van der Waals surface area contributed by atoms with Crippen LogP contribution in [0.15, 0.2) is 66.7 Å². The first-order valence-corrected chi connectivity index (χ1v) is 11.0. The van der Waals surface area contributed by atoms with Crippen LogP contribution in [0.5, 0.6) is 5.75 Å². The van der Waals surface area contributed by atoms with Crippen molar-refractivity contribution in [3.8, 4) is 5.75 Å². The molecular formula is C25H22N2O5S. The van der Waals surface area contributed by atoms with Crippen molar-refractivity contribution in [2.24, 2.45) is 0 Å². The summed E-state index contributed by atoms with van der Waals surface area (Å²) in [6, 6.07) is 19.8. The number of rotatable bonds is 7. The number of hydrogen-bond donors (Lipinski definition) is 1. The molecule has 0 atom stereocenters. The van der Waals surface area contributed by atoms with Gasteiger partial charge in [-0.25, -0.2) is 19.5 Å². The number of esters is 1. The number of amides is 1. The van der Waals surface area contributed by atoms with Crippen LogP contribution in [0.4, 0.5) is 10.5 Å². The molecule has 0 bridgehead atoms. The maximum absolute atomic E-state index is 12.3. The number of benzene rings is 3. The minimum Gasteiger partial charge on any atom is -0.486 e. The molecule has 8 heteroatoms. The molecule has 0 unspecified atom stereocenters. The van der Waals surface area contributed by atoms with E-state index in [0.717, 1.165) is 25.7 Å². The number of para-hydroxylation sites is 1. The Bertz CT molecular complexity index is 1270. The summed E-state index contributed by atoms with van der Waals surface area (Å²) in [7, 11) is 0. The predicted octanol–water partition coefficient (Wildman–Crippen LogP) is 5.79. The van der Waals surface area contributed by atoms with Crippen LogP contribution in [0.2, 0.25) is 0 Å². The quantitative estimate of drug-likeness (QED) is 0.276. The second kappa shape index (κ2) is 9.70. The molecule has 1 heterocycles. The van der Waals surface area contributed by atoms with Crippen molar-refractivity contribution >= 4 is 39.3 Å². The van der Waals surface area contributed by atoms with Gasteiger partial charge in [-0.15, -0.1) is 11.3 Å². The summed E-state index contributed by atoms with van der Waals surface area (Å²) < 4.78 is 12.2. The van der Waals surface area contributed by atoms with Crippen molar-refractivity contribution in [3.63, 3.8) is 0 Å². The summed E-state index contributed by atoms with van der Waals surface area (Å²) >= 11 is 1.57. The lowest BCUT2D eigenvalue weighted by Gasteiger charge is -2.21. The summed E-state index contributed by atoms with van der Waals surface area (Å²) in [4.78, 5) is 29.6. The average Bonchev–Trinajstić information content (AvgIpc) is 3.22. The monoisotopic (exact) mass is 462 g/mol. The molecule has 0 fully saturated rings. The molecule has 168 valence electrons. The lowest BCUT2D eigenvalue weighted by atomic mass is 10.1. The molecule has 33 heavy (non-hydrogen) atoms. The maximum atomic E-state index is 12.3. The highest BCUT2D eigenvalue weighted by atomic mass is 32.1. The highest BCUT2D eigenvalue weighted by Crippen LogP contribution is 2.27. The molecule has 4 rings (SSSR count). The highest BCUT2D eigenvalue weighted by molar-refractivity contribution is 7.18. The highest BCUT2D eigenvalue weighted by Gasteiger charge is 2.19. The molecule has 1 amide bonds. The molecule has 0 radical (unpaired) electrons. The number of anilines is 1. The third-order valence-electron chi connectivity index (χ3n) is 5.00. The lowest BCUT2D eigenvalue weighted by Crippen LogP contribution is -2.33. The van der Waals surface area contributed by atoms with Crippen LogP contribution >= 0.6 is 11.3 Å². The van der Waals surface area contributed by atoms with Crippen LogP contribution in [0.25, 0.3) is 10.2 Å². The number of aromatic nitrogens is 1. The normalized spacial score (nSPS) is 10.7. The Hall–Kier alpha value is -3.91. The minimum absolute atomic E-state index is 0.314. The zero-order chi connectivity index (χ0) is 23.4. The van der Waals surface area contributed by atoms with Gasteiger partial charge in [0, 0.05) is 0 Å². The summed E-state index contributed by atoms with van der Waals surface area (Å²) in [5.74, 6) is 0.00665. The van der Waals surface area contributed by atoms with Crippen molar-refractivity contribution in [1.29, 1.82) is 0 Å². The second-order valence-corrected chi connectivity index (χ2v) is 8.57. The molecule has 0 saturated carbocycles. The summed E-state index contributed by atoms with van der Waals surface area (Å²) in [6.45, 7) is 3.58. The molecule has 1 N–H and O–H groups in total. The molecule has 4 aromatic rings. The molecule has 3 aromatic carbocycles. The van der Waals surface area contributed by atoms with E-state index in [9.17, 15) is 14.7 Å². The van der Waals surface area contributed by atoms with E-state index in [4.69, 9.17) is 9.47 Å².